The minimum Gasteiger partial charge on any atom is -0.319 e. The zero-order valence-electron chi connectivity index (χ0n) is 7.99. The summed E-state index contributed by atoms with van der Waals surface area (Å²) in [5, 5.41) is 1.50. The minimum atomic E-state index is -5.92. The smallest absolute Gasteiger partial charge is 0.319 e. The standard InChI is InChI=1S/C9H5BrF5NO/c10-5-3-1-2-4-6(5)16-7(17)8(11,12)9(13,14)15/h1-4H,(H,16,17). The molecule has 1 aromatic rings. The van der Waals surface area contributed by atoms with Crippen LogP contribution in [-0.2, 0) is 4.79 Å². The number of anilines is 1. The van der Waals surface area contributed by atoms with Crippen LogP contribution in [0.4, 0.5) is 27.6 Å². The van der Waals surface area contributed by atoms with Gasteiger partial charge in [-0.15, -0.1) is 0 Å². The van der Waals surface area contributed by atoms with Crippen molar-refractivity contribution in [1.82, 2.24) is 0 Å². The van der Waals surface area contributed by atoms with E-state index in [2.05, 4.69) is 15.9 Å². The molecule has 0 aliphatic heterocycles. The Morgan fingerprint density at radius 2 is 1.65 bits per heavy atom. The number of alkyl halides is 5. The summed E-state index contributed by atoms with van der Waals surface area (Å²) in [5.74, 6) is -7.85. The summed E-state index contributed by atoms with van der Waals surface area (Å²) in [4.78, 5) is 10.8. The fourth-order valence-electron chi connectivity index (χ4n) is 0.892. The Kier molecular flexibility index (Phi) is 3.75. The predicted octanol–water partition coefficient (Wildman–Crippen LogP) is 3.59. The topological polar surface area (TPSA) is 29.1 Å². The van der Waals surface area contributed by atoms with Crippen LogP contribution < -0.4 is 5.32 Å². The van der Waals surface area contributed by atoms with E-state index in [1.165, 1.54) is 29.6 Å². The molecular formula is C9H5BrF5NO. The van der Waals surface area contributed by atoms with E-state index in [0.717, 1.165) is 0 Å². The van der Waals surface area contributed by atoms with Gasteiger partial charge in [0.15, 0.2) is 0 Å². The highest BCUT2D eigenvalue weighted by Gasteiger charge is 2.63. The fraction of sp³-hybridized carbons (Fsp3) is 0.222. The normalized spacial score (nSPS) is 12.4. The van der Waals surface area contributed by atoms with E-state index in [9.17, 15) is 26.7 Å². The number of hydrogen-bond donors (Lipinski definition) is 1. The Hall–Kier alpha value is -1.18. The lowest BCUT2D eigenvalue weighted by Crippen LogP contribution is -2.47. The second-order valence-corrected chi connectivity index (χ2v) is 3.86. The molecule has 0 saturated carbocycles. The molecule has 2 nitrogen and oxygen atoms in total. The first-order chi connectivity index (χ1) is 7.66. The van der Waals surface area contributed by atoms with Gasteiger partial charge in [0.05, 0.1) is 5.69 Å². The summed E-state index contributed by atoms with van der Waals surface area (Å²) in [6.07, 6.45) is -5.92. The summed E-state index contributed by atoms with van der Waals surface area (Å²) in [5.41, 5.74) is -0.165. The molecule has 94 valence electrons. The number of carbonyl (C=O) groups excluding carboxylic acids is 1. The van der Waals surface area contributed by atoms with Crippen LogP contribution in [0.5, 0.6) is 0 Å². The van der Waals surface area contributed by atoms with Gasteiger partial charge in [0.2, 0.25) is 0 Å². The van der Waals surface area contributed by atoms with E-state index >= 15 is 0 Å². The summed E-state index contributed by atoms with van der Waals surface area (Å²) in [6.45, 7) is 0. The van der Waals surface area contributed by atoms with Crippen LogP contribution in [0.1, 0.15) is 0 Å². The number of amides is 1. The van der Waals surface area contributed by atoms with Crippen LogP contribution in [0.15, 0.2) is 28.7 Å². The van der Waals surface area contributed by atoms with Gasteiger partial charge < -0.3 is 5.32 Å². The van der Waals surface area contributed by atoms with Crippen molar-refractivity contribution in [3.05, 3.63) is 28.7 Å². The highest BCUT2D eigenvalue weighted by atomic mass is 79.9. The number of carbonyl (C=O) groups is 1. The van der Waals surface area contributed by atoms with Gasteiger partial charge in [-0.25, -0.2) is 0 Å². The zero-order chi connectivity index (χ0) is 13.3. The van der Waals surface area contributed by atoms with Gasteiger partial charge in [-0.2, -0.15) is 22.0 Å². The Labute approximate surface area is 101 Å². The predicted molar refractivity (Wildman–Crippen MR) is 53.8 cm³/mol. The Morgan fingerprint density at radius 3 is 2.12 bits per heavy atom. The van der Waals surface area contributed by atoms with Crippen molar-refractivity contribution in [2.75, 3.05) is 5.32 Å². The van der Waals surface area contributed by atoms with Gasteiger partial charge in [-0.1, -0.05) is 12.1 Å². The van der Waals surface area contributed by atoms with Crippen LogP contribution in [0, 0.1) is 0 Å². The SMILES string of the molecule is O=C(Nc1ccccc1Br)C(F)(F)C(F)(F)F. The first-order valence-corrected chi connectivity index (χ1v) is 4.96. The van der Waals surface area contributed by atoms with E-state index in [0.29, 0.717) is 0 Å². The second-order valence-electron chi connectivity index (χ2n) is 3.01. The number of hydrogen-bond acceptors (Lipinski definition) is 1. The van der Waals surface area contributed by atoms with E-state index in [1.54, 1.807) is 0 Å². The highest BCUT2D eigenvalue weighted by molar-refractivity contribution is 9.10. The number of benzene rings is 1. The van der Waals surface area contributed by atoms with E-state index in [1.807, 2.05) is 0 Å². The fourth-order valence-corrected chi connectivity index (χ4v) is 1.28. The molecule has 1 aromatic carbocycles. The second kappa shape index (κ2) is 4.59. The molecule has 0 spiro atoms. The molecule has 0 aliphatic rings. The molecule has 1 amide bonds. The molecule has 8 heteroatoms. The Morgan fingerprint density at radius 1 is 1.12 bits per heavy atom. The van der Waals surface area contributed by atoms with Gasteiger partial charge >= 0.3 is 18.0 Å². The number of halogens is 6. The number of nitrogens with one attached hydrogen (secondary N) is 1. The molecule has 0 unspecified atom stereocenters. The lowest BCUT2D eigenvalue weighted by molar-refractivity contribution is -0.267. The lowest BCUT2D eigenvalue weighted by Gasteiger charge is -2.18. The molecule has 0 aromatic heterocycles. The van der Waals surface area contributed by atoms with Crippen LogP contribution in [0.25, 0.3) is 0 Å². The van der Waals surface area contributed by atoms with Gasteiger partial charge in [0.1, 0.15) is 0 Å². The third kappa shape index (κ3) is 2.93. The van der Waals surface area contributed by atoms with Crippen molar-refractivity contribution in [1.29, 1.82) is 0 Å². The minimum absolute atomic E-state index is 0.165. The molecular weight excluding hydrogens is 313 g/mol. The van der Waals surface area contributed by atoms with Gasteiger partial charge in [-0.05, 0) is 28.1 Å². The first kappa shape index (κ1) is 13.9. The maximum absolute atomic E-state index is 12.6. The molecule has 0 atom stereocenters. The third-order valence-electron chi connectivity index (χ3n) is 1.76. The van der Waals surface area contributed by atoms with Gasteiger partial charge in [0.25, 0.3) is 0 Å². The van der Waals surface area contributed by atoms with E-state index < -0.39 is 18.0 Å². The average Bonchev–Trinajstić information content (AvgIpc) is 2.19. The first-order valence-electron chi connectivity index (χ1n) is 4.17. The highest BCUT2D eigenvalue weighted by Crippen LogP contribution is 2.36. The largest absolute Gasteiger partial charge is 0.463 e. The number of rotatable bonds is 2. The molecule has 0 bridgehead atoms. The Bertz CT molecular complexity index is 432. The van der Waals surface area contributed by atoms with Crippen LogP contribution in [-0.4, -0.2) is 18.0 Å². The maximum atomic E-state index is 12.6. The molecule has 0 radical (unpaired) electrons. The van der Waals surface area contributed by atoms with Gasteiger partial charge in [0, 0.05) is 4.47 Å². The molecule has 0 saturated heterocycles. The van der Waals surface area contributed by atoms with Crippen molar-refractivity contribution in [2.45, 2.75) is 12.1 Å². The maximum Gasteiger partial charge on any atom is 0.463 e. The lowest BCUT2D eigenvalue weighted by atomic mass is 10.2. The van der Waals surface area contributed by atoms with Crippen molar-refractivity contribution >= 4 is 27.5 Å². The van der Waals surface area contributed by atoms with Gasteiger partial charge in [-0.3, -0.25) is 4.79 Å². The summed E-state index contributed by atoms with van der Waals surface area (Å²) >= 11 is 2.90. The monoisotopic (exact) mass is 317 g/mol. The average molecular weight is 318 g/mol. The molecule has 1 N–H and O–H groups in total. The van der Waals surface area contributed by atoms with Crippen LogP contribution in [0.2, 0.25) is 0 Å². The summed E-state index contributed by atoms with van der Waals surface area (Å²) in [7, 11) is 0. The molecule has 1 rings (SSSR count). The molecule has 0 fully saturated rings. The van der Waals surface area contributed by atoms with Crippen molar-refractivity contribution < 1.29 is 26.7 Å². The summed E-state index contributed by atoms with van der Waals surface area (Å²) < 4.78 is 61.0. The van der Waals surface area contributed by atoms with E-state index in [-0.39, 0.29) is 10.2 Å². The molecule has 0 heterocycles. The third-order valence-corrected chi connectivity index (χ3v) is 2.45. The van der Waals surface area contributed by atoms with Crippen LogP contribution >= 0.6 is 15.9 Å². The number of para-hydroxylation sites is 1. The molecule has 17 heavy (non-hydrogen) atoms. The van der Waals surface area contributed by atoms with Crippen molar-refractivity contribution in [2.24, 2.45) is 0 Å². The quantitative estimate of drug-likeness (QED) is 0.830. The Balaban J connectivity index is 2.91. The summed E-state index contributed by atoms with van der Waals surface area (Å²) in [6, 6.07) is 5.48. The van der Waals surface area contributed by atoms with Crippen LogP contribution in [0.3, 0.4) is 0 Å². The zero-order valence-corrected chi connectivity index (χ0v) is 9.57. The molecule has 0 aliphatic carbocycles. The van der Waals surface area contributed by atoms with E-state index in [4.69, 9.17) is 0 Å². The van der Waals surface area contributed by atoms with Crippen molar-refractivity contribution in [3.63, 3.8) is 0 Å². The van der Waals surface area contributed by atoms with Crippen molar-refractivity contribution in [3.8, 4) is 0 Å².